The van der Waals surface area contributed by atoms with Gasteiger partial charge >= 0.3 is 0 Å². The zero-order valence-electron chi connectivity index (χ0n) is 10.9. The van der Waals surface area contributed by atoms with Crippen molar-refractivity contribution in [1.82, 2.24) is 0 Å². The Morgan fingerprint density at radius 2 is 2.17 bits per heavy atom. The lowest BCUT2D eigenvalue weighted by Crippen LogP contribution is -2.30. The summed E-state index contributed by atoms with van der Waals surface area (Å²) < 4.78 is 7.33. The molecule has 1 aromatic rings. The molecule has 1 aliphatic rings. The van der Waals surface area contributed by atoms with Crippen LogP contribution in [-0.4, -0.2) is 12.6 Å². The Balaban J connectivity index is 2.04. The van der Waals surface area contributed by atoms with E-state index < -0.39 is 0 Å². The van der Waals surface area contributed by atoms with Crippen LogP contribution >= 0.6 is 15.9 Å². The molecule has 1 aliphatic carbocycles. The molecule has 3 atom stereocenters. The molecule has 0 heterocycles. The van der Waals surface area contributed by atoms with Gasteiger partial charge in [-0.25, -0.2) is 0 Å². The molecule has 3 heteroatoms. The van der Waals surface area contributed by atoms with Crippen LogP contribution in [0.4, 0.5) is 0 Å². The second-order valence-electron chi connectivity index (χ2n) is 5.22. The first-order valence-corrected chi connectivity index (χ1v) is 7.61. The van der Waals surface area contributed by atoms with Crippen LogP contribution in [-0.2, 0) is 4.74 Å². The van der Waals surface area contributed by atoms with Crippen LogP contribution < -0.4 is 5.73 Å². The summed E-state index contributed by atoms with van der Waals surface area (Å²) in [7, 11) is 0. The molecule has 0 aromatic heterocycles. The van der Waals surface area contributed by atoms with Gasteiger partial charge in [0.15, 0.2) is 0 Å². The molecule has 3 unspecified atom stereocenters. The third-order valence-corrected chi connectivity index (χ3v) is 4.30. The van der Waals surface area contributed by atoms with E-state index in [9.17, 15) is 0 Å². The van der Waals surface area contributed by atoms with E-state index in [0.717, 1.165) is 4.47 Å². The maximum absolute atomic E-state index is 6.25. The summed E-state index contributed by atoms with van der Waals surface area (Å²) >= 11 is 3.50. The quantitative estimate of drug-likeness (QED) is 0.910. The third kappa shape index (κ3) is 3.56. The van der Waals surface area contributed by atoms with E-state index in [-0.39, 0.29) is 6.10 Å². The number of hydrogen-bond acceptors (Lipinski definition) is 2. The Labute approximate surface area is 118 Å². The SMILES string of the molecule is CC1CCCCC1OC(CN)c1cccc(Br)c1. The van der Waals surface area contributed by atoms with Crippen molar-refractivity contribution in [1.29, 1.82) is 0 Å². The second kappa shape index (κ2) is 6.69. The number of nitrogens with two attached hydrogens (primary N) is 1. The molecule has 2 N–H and O–H groups in total. The molecule has 0 amide bonds. The van der Waals surface area contributed by atoms with E-state index in [2.05, 4.69) is 35.0 Å². The van der Waals surface area contributed by atoms with E-state index in [0.29, 0.717) is 18.6 Å². The van der Waals surface area contributed by atoms with Crippen molar-refractivity contribution in [2.75, 3.05) is 6.54 Å². The molecule has 2 rings (SSSR count). The smallest absolute Gasteiger partial charge is 0.0951 e. The Morgan fingerprint density at radius 3 is 2.83 bits per heavy atom. The first-order valence-electron chi connectivity index (χ1n) is 6.81. The van der Waals surface area contributed by atoms with Gasteiger partial charge in [0.2, 0.25) is 0 Å². The van der Waals surface area contributed by atoms with Gasteiger partial charge in [-0.3, -0.25) is 0 Å². The summed E-state index contributed by atoms with van der Waals surface area (Å²) in [5.41, 5.74) is 7.05. The molecule has 0 spiro atoms. The number of ether oxygens (including phenoxy) is 1. The van der Waals surface area contributed by atoms with E-state index in [1.54, 1.807) is 0 Å². The highest BCUT2D eigenvalue weighted by Gasteiger charge is 2.25. The second-order valence-corrected chi connectivity index (χ2v) is 6.13. The van der Waals surface area contributed by atoms with Crippen molar-refractivity contribution < 1.29 is 4.74 Å². The van der Waals surface area contributed by atoms with Gasteiger partial charge in [0.05, 0.1) is 12.2 Å². The number of rotatable bonds is 4. The Bertz CT molecular complexity index is 383. The lowest BCUT2D eigenvalue weighted by Gasteiger charge is -2.32. The van der Waals surface area contributed by atoms with Gasteiger partial charge in [0, 0.05) is 11.0 Å². The van der Waals surface area contributed by atoms with Crippen molar-refractivity contribution >= 4 is 15.9 Å². The molecule has 0 aliphatic heterocycles. The summed E-state index contributed by atoms with van der Waals surface area (Å²) in [6.07, 6.45) is 5.46. The Hall–Kier alpha value is -0.380. The predicted molar refractivity (Wildman–Crippen MR) is 78.4 cm³/mol. The lowest BCUT2D eigenvalue weighted by atomic mass is 9.87. The molecule has 18 heavy (non-hydrogen) atoms. The summed E-state index contributed by atoms with van der Waals surface area (Å²) in [6, 6.07) is 8.26. The molecule has 1 aromatic carbocycles. The monoisotopic (exact) mass is 311 g/mol. The summed E-state index contributed by atoms with van der Waals surface area (Å²) in [5.74, 6) is 0.653. The normalized spacial score (nSPS) is 25.9. The standard InChI is InChI=1S/C15H22BrNO/c1-11-5-2-3-8-14(11)18-15(10-17)12-6-4-7-13(16)9-12/h4,6-7,9,11,14-15H,2-3,5,8,10,17H2,1H3. The highest BCUT2D eigenvalue weighted by atomic mass is 79.9. The minimum Gasteiger partial charge on any atom is -0.369 e. The van der Waals surface area contributed by atoms with E-state index >= 15 is 0 Å². The molecule has 1 fully saturated rings. The lowest BCUT2D eigenvalue weighted by molar-refractivity contribution is -0.0533. The van der Waals surface area contributed by atoms with Gasteiger partial charge < -0.3 is 10.5 Å². The van der Waals surface area contributed by atoms with Crippen LogP contribution in [0, 0.1) is 5.92 Å². The van der Waals surface area contributed by atoms with Gasteiger partial charge in [-0.15, -0.1) is 0 Å². The summed E-state index contributed by atoms with van der Waals surface area (Å²) in [4.78, 5) is 0. The summed E-state index contributed by atoms with van der Waals surface area (Å²) in [6.45, 7) is 2.83. The maximum Gasteiger partial charge on any atom is 0.0951 e. The van der Waals surface area contributed by atoms with Crippen molar-refractivity contribution in [2.24, 2.45) is 11.7 Å². The van der Waals surface area contributed by atoms with Gasteiger partial charge in [0.25, 0.3) is 0 Å². The average molecular weight is 312 g/mol. The maximum atomic E-state index is 6.25. The summed E-state index contributed by atoms with van der Waals surface area (Å²) in [5, 5.41) is 0. The zero-order chi connectivity index (χ0) is 13.0. The highest BCUT2D eigenvalue weighted by Crippen LogP contribution is 2.31. The minimum absolute atomic E-state index is 0.0213. The molecule has 0 radical (unpaired) electrons. The van der Waals surface area contributed by atoms with Crippen LogP contribution in [0.15, 0.2) is 28.7 Å². The van der Waals surface area contributed by atoms with Gasteiger partial charge in [-0.05, 0) is 36.5 Å². The average Bonchev–Trinajstić information content (AvgIpc) is 2.38. The van der Waals surface area contributed by atoms with Crippen molar-refractivity contribution in [3.63, 3.8) is 0 Å². The molecular formula is C15H22BrNO. The number of hydrogen-bond donors (Lipinski definition) is 1. The van der Waals surface area contributed by atoms with Crippen LogP contribution in [0.2, 0.25) is 0 Å². The van der Waals surface area contributed by atoms with Crippen LogP contribution in [0.1, 0.15) is 44.3 Å². The molecule has 0 bridgehead atoms. The topological polar surface area (TPSA) is 35.2 Å². The largest absolute Gasteiger partial charge is 0.369 e. The van der Waals surface area contributed by atoms with Gasteiger partial charge in [-0.1, -0.05) is 47.8 Å². The number of halogens is 1. The Kier molecular flexibility index (Phi) is 5.22. The predicted octanol–water partition coefficient (Wildman–Crippen LogP) is 4.04. The van der Waals surface area contributed by atoms with Gasteiger partial charge in [-0.2, -0.15) is 0 Å². The van der Waals surface area contributed by atoms with Crippen LogP contribution in [0.25, 0.3) is 0 Å². The van der Waals surface area contributed by atoms with Crippen molar-refractivity contribution in [2.45, 2.75) is 44.8 Å². The first-order chi connectivity index (χ1) is 8.70. The van der Waals surface area contributed by atoms with E-state index in [1.165, 1.54) is 31.2 Å². The first kappa shape index (κ1) is 14.0. The highest BCUT2D eigenvalue weighted by molar-refractivity contribution is 9.10. The van der Waals surface area contributed by atoms with Crippen LogP contribution in [0.3, 0.4) is 0 Å². The fraction of sp³-hybridized carbons (Fsp3) is 0.600. The van der Waals surface area contributed by atoms with Crippen LogP contribution in [0.5, 0.6) is 0 Å². The van der Waals surface area contributed by atoms with Crippen molar-refractivity contribution in [3.05, 3.63) is 34.3 Å². The third-order valence-electron chi connectivity index (χ3n) is 3.81. The molecule has 100 valence electrons. The molecule has 0 saturated heterocycles. The van der Waals surface area contributed by atoms with Gasteiger partial charge in [0.1, 0.15) is 0 Å². The number of benzene rings is 1. The molecular weight excluding hydrogens is 290 g/mol. The molecule has 1 saturated carbocycles. The fourth-order valence-corrected chi connectivity index (χ4v) is 3.09. The van der Waals surface area contributed by atoms with E-state index in [1.807, 2.05) is 12.1 Å². The zero-order valence-corrected chi connectivity index (χ0v) is 12.5. The Morgan fingerprint density at radius 1 is 1.39 bits per heavy atom. The molecule has 2 nitrogen and oxygen atoms in total. The fourth-order valence-electron chi connectivity index (χ4n) is 2.67. The minimum atomic E-state index is 0.0213. The van der Waals surface area contributed by atoms with Crippen molar-refractivity contribution in [3.8, 4) is 0 Å². The van der Waals surface area contributed by atoms with E-state index in [4.69, 9.17) is 10.5 Å².